The Morgan fingerprint density at radius 3 is 1.37 bits per heavy atom. The van der Waals surface area contributed by atoms with E-state index in [1.165, 1.54) is 75.8 Å². The van der Waals surface area contributed by atoms with Crippen molar-refractivity contribution in [1.82, 2.24) is 20.0 Å². The summed E-state index contributed by atoms with van der Waals surface area (Å²) in [4.78, 5) is 19.4. The van der Waals surface area contributed by atoms with Gasteiger partial charge in [0, 0.05) is 26.2 Å². The molecule has 4 fully saturated rings. The molecule has 0 atom stereocenters. The fourth-order valence-electron chi connectivity index (χ4n) is 9.41. The van der Waals surface area contributed by atoms with Gasteiger partial charge in [0.1, 0.15) is 17.1 Å². The quantitative estimate of drug-likeness (QED) is 0.167. The van der Waals surface area contributed by atoms with Gasteiger partial charge in [0.05, 0.1) is 14.2 Å². The second-order valence-electron chi connectivity index (χ2n) is 18.6. The fraction of sp³-hybridized carbons (Fsp3) is 0.510. The molecule has 8 rings (SSSR count). The lowest BCUT2D eigenvalue weighted by molar-refractivity contribution is -0.00313. The van der Waals surface area contributed by atoms with Crippen LogP contribution in [0.1, 0.15) is 83.3 Å². The molecule has 12 heteroatoms. The first kappa shape index (κ1) is 49.8. The first-order valence-electron chi connectivity index (χ1n) is 22.4. The van der Waals surface area contributed by atoms with Crippen molar-refractivity contribution in [2.24, 2.45) is 10.8 Å². The second kappa shape index (κ2) is 23.1. The van der Waals surface area contributed by atoms with Crippen molar-refractivity contribution in [2.75, 3.05) is 66.6 Å². The van der Waals surface area contributed by atoms with Gasteiger partial charge in [-0.05, 0) is 182 Å². The molecule has 0 bridgehead atoms. The molecule has 0 aromatic heterocycles. The highest BCUT2D eigenvalue weighted by atomic mass is 35.5. The van der Waals surface area contributed by atoms with Crippen molar-refractivity contribution in [3.05, 3.63) is 108 Å². The molecule has 4 aliphatic rings. The van der Waals surface area contributed by atoms with E-state index in [1.807, 2.05) is 86.3 Å². The number of rotatable bonds is 10. The van der Waals surface area contributed by atoms with Crippen molar-refractivity contribution < 1.29 is 28.5 Å². The summed E-state index contributed by atoms with van der Waals surface area (Å²) in [5.74, 6) is 4.65. The minimum Gasteiger partial charge on any atom is -0.493 e. The van der Waals surface area contributed by atoms with E-state index in [4.69, 9.17) is 23.7 Å². The van der Waals surface area contributed by atoms with Crippen molar-refractivity contribution in [1.29, 1.82) is 0 Å². The highest BCUT2D eigenvalue weighted by molar-refractivity contribution is 5.85. The summed E-state index contributed by atoms with van der Waals surface area (Å²) in [5, 5.41) is 3.51. The zero-order chi connectivity index (χ0) is 42.7. The molecule has 0 unspecified atom stereocenters. The van der Waals surface area contributed by atoms with Gasteiger partial charge in [0.25, 0.3) is 0 Å². The van der Waals surface area contributed by atoms with Gasteiger partial charge in [0.2, 0.25) is 0 Å². The normalized spacial score (nSPS) is 18.5. The summed E-state index contributed by atoms with van der Waals surface area (Å²) < 4.78 is 28.5. The first-order valence-corrected chi connectivity index (χ1v) is 22.4. The number of hydrogen-bond donors (Lipinski definition) is 1. The largest absolute Gasteiger partial charge is 0.493 e. The third-order valence-corrected chi connectivity index (χ3v) is 13.2. The van der Waals surface area contributed by atoms with E-state index < -0.39 is 5.60 Å². The van der Waals surface area contributed by atoms with Gasteiger partial charge in [0.15, 0.2) is 23.0 Å². The topological polar surface area (TPSA) is 85.0 Å². The average Bonchev–Trinajstić information content (AvgIpc) is 3.26. The van der Waals surface area contributed by atoms with Gasteiger partial charge in [-0.2, -0.15) is 0 Å². The Bertz CT molecular complexity index is 2010. The van der Waals surface area contributed by atoms with Crippen LogP contribution in [0.5, 0.6) is 34.5 Å². The molecule has 63 heavy (non-hydrogen) atoms. The van der Waals surface area contributed by atoms with Gasteiger partial charge < -0.3 is 33.9 Å². The Labute approximate surface area is 388 Å². The Morgan fingerprint density at radius 1 is 0.556 bits per heavy atom. The third-order valence-electron chi connectivity index (χ3n) is 13.2. The molecule has 344 valence electrons. The molecule has 0 aliphatic carbocycles. The van der Waals surface area contributed by atoms with Crippen molar-refractivity contribution in [3.8, 4) is 34.5 Å². The molecule has 2 spiro atoms. The highest BCUT2D eigenvalue weighted by Gasteiger charge is 2.39. The molecule has 4 heterocycles. The maximum Gasteiger partial charge on any atom is 0.410 e. The summed E-state index contributed by atoms with van der Waals surface area (Å²) in [5.41, 5.74) is 3.10. The summed E-state index contributed by atoms with van der Waals surface area (Å²) in [6.07, 6.45) is 9.73. The number of benzene rings is 4. The number of piperidine rings is 4. The molecular weight excluding hydrogens is 835 g/mol. The molecule has 0 radical (unpaired) electrons. The number of ether oxygens (including phenoxy) is 5. The second-order valence-corrected chi connectivity index (χ2v) is 18.6. The van der Waals surface area contributed by atoms with Crippen LogP contribution >= 0.6 is 24.8 Å². The van der Waals surface area contributed by atoms with E-state index in [0.29, 0.717) is 10.8 Å². The Hall–Kier alpha value is -4.19. The van der Waals surface area contributed by atoms with E-state index >= 15 is 0 Å². The Kier molecular flexibility index (Phi) is 18.3. The Morgan fingerprint density at radius 2 is 0.952 bits per heavy atom. The number of carbonyl (C=O) groups excluding carboxylic acids is 1. The first-order chi connectivity index (χ1) is 29.5. The number of halogens is 2. The molecule has 4 aromatic rings. The predicted molar refractivity (Wildman–Crippen MR) is 257 cm³/mol. The average molecular weight is 906 g/mol. The molecule has 1 N–H and O–H groups in total. The maximum absolute atomic E-state index is 12.4. The van der Waals surface area contributed by atoms with Crippen molar-refractivity contribution in [2.45, 2.75) is 90.8 Å². The number of amides is 1. The van der Waals surface area contributed by atoms with Crippen LogP contribution in [0, 0.1) is 10.8 Å². The smallest absolute Gasteiger partial charge is 0.410 e. The minimum atomic E-state index is -0.437. The van der Waals surface area contributed by atoms with Gasteiger partial charge >= 0.3 is 6.09 Å². The van der Waals surface area contributed by atoms with Gasteiger partial charge in [-0.15, -0.1) is 24.8 Å². The van der Waals surface area contributed by atoms with Crippen molar-refractivity contribution >= 4 is 30.9 Å². The molecule has 4 aromatic carbocycles. The minimum absolute atomic E-state index is 0. The number of para-hydroxylation sites is 4. The molecule has 4 saturated heterocycles. The molecule has 4 aliphatic heterocycles. The summed E-state index contributed by atoms with van der Waals surface area (Å²) in [6, 6.07) is 32.3. The van der Waals surface area contributed by atoms with Crippen LogP contribution in [0.2, 0.25) is 0 Å². The van der Waals surface area contributed by atoms with E-state index in [0.717, 1.165) is 86.6 Å². The van der Waals surface area contributed by atoms with Gasteiger partial charge in [-0.1, -0.05) is 48.5 Å². The number of hydrogen-bond acceptors (Lipinski definition) is 9. The molecular formula is C51H70Cl2N4O6. The summed E-state index contributed by atoms with van der Waals surface area (Å²) in [6.45, 7) is 16.3. The Balaban J connectivity index is 0.000000236. The van der Waals surface area contributed by atoms with E-state index in [1.54, 1.807) is 14.2 Å². The lowest BCUT2D eigenvalue weighted by Gasteiger charge is -2.46. The zero-order valence-electron chi connectivity index (χ0n) is 38.1. The highest BCUT2D eigenvalue weighted by Crippen LogP contribution is 2.43. The number of likely N-dealkylation sites (tertiary alicyclic amines) is 3. The lowest BCUT2D eigenvalue weighted by atomic mass is 9.71. The number of nitrogens with one attached hydrogen (secondary N) is 1. The van der Waals surface area contributed by atoms with Crippen LogP contribution in [-0.4, -0.2) is 93.0 Å². The third kappa shape index (κ3) is 14.1. The molecule has 10 nitrogen and oxygen atoms in total. The monoisotopic (exact) mass is 904 g/mol. The van der Waals surface area contributed by atoms with Gasteiger partial charge in [-0.3, -0.25) is 9.80 Å². The summed E-state index contributed by atoms with van der Waals surface area (Å²) in [7, 11) is 3.33. The van der Waals surface area contributed by atoms with E-state index in [2.05, 4.69) is 51.5 Å². The fourth-order valence-corrected chi connectivity index (χ4v) is 9.41. The van der Waals surface area contributed by atoms with Crippen LogP contribution < -0.4 is 24.3 Å². The number of nitrogens with zero attached hydrogens (tertiary/aromatic N) is 3. The summed E-state index contributed by atoms with van der Waals surface area (Å²) >= 11 is 0. The zero-order valence-corrected chi connectivity index (χ0v) is 39.7. The lowest BCUT2D eigenvalue weighted by Crippen LogP contribution is -2.49. The van der Waals surface area contributed by atoms with Crippen LogP contribution in [0.4, 0.5) is 4.79 Å². The predicted octanol–water partition coefficient (Wildman–Crippen LogP) is 11.4. The van der Waals surface area contributed by atoms with Crippen LogP contribution in [0.25, 0.3) is 0 Å². The maximum atomic E-state index is 12.4. The van der Waals surface area contributed by atoms with Gasteiger partial charge in [-0.25, -0.2) is 4.79 Å². The van der Waals surface area contributed by atoms with Crippen LogP contribution in [-0.2, 0) is 17.8 Å². The van der Waals surface area contributed by atoms with E-state index in [-0.39, 0.29) is 30.9 Å². The SMILES string of the molecule is COc1ccccc1Oc1cccc(CN2CCC3(CC2)CCN(C(=O)OC(C)(C)C)CC3)c1.COc1ccccc1Oc1cccc(CN2CCC3(CCNCC3)CC2)c1.Cl.Cl. The number of carbonyl (C=O) groups is 1. The standard InChI is InChI=1S/C28H38N2O4.C23H30N2O2.2ClH/c1-27(2,3)34-26(31)30-18-14-28(15-19-30)12-16-29(17-13-28)21-22-8-7-9-23(20-22)33-25-11-6-5-10-24(25)32-4;1-26-21-7-2-3-8-22(21)27-20-6-4-5-19(17-20)18-25-15-11-23(12-16-25)9-13-24-14-10-23;;/h5-11,20H,12-19,21H2,1-4H3;2-8,17,24H,9-16,18H2,1H3;2*1H. The molecule has 0 saturated carbocycles. The number of methoxy groups -OCH3 is 2. The van der Waals surface area contributed by atoms with Crippen LogP contribution in [0.3, 0.4) is 0 Å². The molecule has 1 amide bonds. The van der Waals surface area contributed by atoms with Crippen molar-refractivity contribution in [3.63, 3.8) is 0 Å². The van der Waals surface area contributed by atoms with E-state index in [9.17, 15) is 4.79 Å². The van der Waals surface area contributed by atoms with Crippen LogP contribution in [0.15, 0.2) is 97.1 Å².